The van der Waals surface area contributed by atoms with Crippen LogP contribution in [-0.4, -0.2) is 54.4 Å². The van der Waals surface area contributed by atoms with Gasteiger partial charge in [-0.1, -0.05) is 84.4 Å². The molecule has 0 aliphatic heterocycles. The zero-order chi connectivity index (χ0) is 24.5. The van der Waals surface area contributed by atoms with Crippen LogP contribution in [0.15, 0.2) is 73.1 Å². The second kappa shape index (κ2) is 11.7. The number of nitrogens with zero attached hydrogens (tertiary/aromatic N) is 6. The molecule has 2 aromatic heterocycles. The fourth-order valence-electron chi connectivity index (χ4n) is 3.64. The molecule has 2 N–H and O–H groups in total. The SMILES string of the molecule is CCCC(CNC(=O)c1cn(Cc2ccccc2)nn1)NC(=O)c1cn(Cc2ccccc2)nn1. The molecule has 0 fully saturated rings. The third-order valence-electron chi connectivity index (χ3n) is 5.40. The lowest BCUT2D eigenvalue weighted by molar-refractivity contribution is 0.0901. The van der Waals surface area contributed by atoms with Crippen molar-refractivity contribution in [3.8, 4) is 0 Å². The average molecular weight is 473 g/mol. The van der Waals surface area contributed by atoms with Crippen LogP contribution in [0.3, 0.4) is 0 Å². The molecule has 10 heteroatoms. The Labute approximate surface area is 203 Å². The predicted molar refractivity (Wildman–Crippen MR) is 130 cm³/mol. The van der Waals surface area contributed by atoms with Crippen LogP contribution >= 0.6 is 0 Å². The number of carbonyl (C=O) groups excluding carboxylic acids is 2. The van der Waals surface area contributed by atoms with Crippen molar-refractivity contribution in [2.45, 2.75) is 38.9 Å². The Hall–Kier alpha value is -4.34. The molecule has 4 rings (SSSR count). The van der Waals surface area contributed by atoms with Gasteiger partial charge in [-0.2, -0.15) is 0 Å². The molecule has 1 unspecified atom stereocenters. The number of amides is 2. The quantitative estimate of drug-likeness (QED) is 0.346. The van der Waals surface area contributed by atoms with Gasteiger partial charge in [0.1, 0.15) is 0 Å². The van der Waals surface area contributed by atoms with Gasteiger partial charge in [-0.25, -0.2) is 9.36 Å². The Morgan fingerprint density at radius 3 is 1.83 bits per heavy atom. The summed E-state index contributed by atoms with van der Waals surface area (Å²) >= 11 is 0. The summed E-state index contributed by atoms with van der Waals surface area (Å²) in [5, 5.41) is 21.8. The van der Waals surface area contributed by atoms with Gasteiger partial charge in [0, 0.05) is 12.6 Å². The van der Waals surface area contributed by atoms with Crippen LogP contribution in [0.4, 0.5) is 0 Å². The summed E-state index contributed by atoms with van der Waals surface area (Å²) in [5.41, 5.74) is 2.59. The van der Waals surface area contributed by atoms with E-state index < -0.39 is 0 Å². The Morgan fingerprint density at radius 2 is 1.31 bits per heavy atom. The first-order chi connectivity index (χ1) is 17.1. The Balaban J connectivity index is 1.30. The standard InChI is InChI=1S/C25H28N8O2/c1-2-9-21(27-25(35)23-18-33(31-29-23)16-20-12-7-4-8-13-20)14-26-24(34)22-17-32(30-28-22)15-19-10-5-3-6-11-19/h3-8,10-13,17-18,21H,2,9,14-16H2,1H3,(H,26,34)(H,27,35). The molecule has 0 saturated heterocycles. The van der Waals surface area contributed by atoms with Crippen molar-refractivity contribution >= 4 is 11.8 Å². The molecule has 10 nitrogen and oxygen atoms in total. The smallest absolute Gasteiger partial charge is 0.273 e. The lowest BCUT2D eigenvalue weighted by Gasteiger charge is -2.17. The van der Waals surface area contributed by atoms with E-state index in [1.165, 1.54) is 0 Å². The van der Waals surface area contributed by atoms with E-state index in [1.54, 1.807) is 21.8 Å². The molecule has 180 valence electrons. The second-order valence-corrected chi connectivity index (χ2v) is 8.24. The summed E-state index contributed by atoms with van der Waals surface area (Å²) in [7, 11) is 0. The van der Waals surface area contributed by atoms with Gasteiger partial charge in [0.25, 0.3) is 11.8 Å². The first kappa shape index (κ1) is 23.8. The highest BCUT2D eigenvalue weighted by Gasteiger charge is 2.18. The summed E-state index contributed by atoms with van der Waals surface area (Å²) in [5.74, 6) is -0.667. The molecule has 0 aliphatic rings. The molecule has 4 aromatic rings. The van der Waals surface area contributed by atoms with Crippen molar-refractivity contribution in [3.63, 3.8) is 0 Å². The van der Waals surface area contributed by atoms with Gasteiger partial charge in [-0.3, -0.25) is 9.59 Å². The number of benzene rings is 2. The van der Waals surface area contributed by atoms with Crippen LogP contribution in [0.5, 0.6) is 0 Å². The number of aromatic nitrogens is 6. The van der Waals surface area contributed by atoms with E-state index in [0.29, 0.717) is 19.5 Å². The highest BCUT2D eigenvalue weighted by molar-refractivity contribution is 5.93. The maximum atomic E-state index is 12.7. The largest absolute Gasteiger partial charge is 0.349 e. The van der Waals surface area contributed by atoms with E-state index in [9.17, 15) is 9.59 Å². The van der Waals surface area contributed by atoms with Gasteiger partial charge in [0.05, 0.1) is 25.5 Å². The number of rotatable bonds is 11. The fourth-order valence-corrected chi connectivity index (χ4v) is 3.64. The van der Waals surface area contributed by atoms with Crippen LogP contribution in [0.2, 0.25) is 0 Å². The lowest BCUT2D eigenvalue weighted by atomic mass is 10.1. The molecule has 2 amide bonds. The van der Waals surface area contributed by atoms with Crippen LogP contribution in [0.1, 0.15) is 51.9 Å². The van der Waals surface area contributed by atoms with Crippen molar-refractivity contribution in [1.29, 1.82) is 0 Å². The molecule has 2 aromatic carbocycles. The molecule has 0 spiro atoms. The molecular weight excluding hydrogens is 444 g/mol. The Kier molecular flexibility index (Phi) is 7.95. The monoisotopic (exact) mass is 472 g/mol. The Morgan fingerprint density at radius 1 is 0.800 bits per heavy atom. The molecule has 0 bridgehead atoms. The first-order valence-corrected chi connectivity index (χ1v) is 11.6. The highest BCUT2D eigenvalue weighted by atomic mass is 16.2. The zero-order valence-corrected chi connectivity index (χ0v) is 19.5. The van der Waals surface area contributed by atoms with Crippen LogP contribution in [-0.2, 0) is 13.1 Å². The minimum absolute atomic E-state index is 0.228. The van der Waals surface area contributed by atoms with E-state index >= 15 is 0 Å². The average Bonchev–Trinajstić information content (AvgIpc) is 3.54. The van der Waals surface area contributed by atoms with E-state index in [1.807, 2.05) is 67.6 Å². The maximum absolute atomic E-state index is 12.7. The summed E-state index contributed by atoms with van der Waals surface area (Å²) in [4.78, 5) is 25.3. The third kappa shape index (κ3) is 6.83. The summed E-state index contributed by atoms with van der Waals surface area (Å²) in [6, 6.07) is 19.4. The van der Waals surface area contributed by atoms with Crippen molar-refractivity contribution < 1.29 is 9.59 Å². The van der Waals surface area contributed by atoms with Crippen LogP contribution in [0, 0.1) is 0 Å². The normalized spacial score (nSPS) is 11.7. The molecular formula is C25H28N8O2. The van der Waals surface area contributed by atoms with Gasteiger partial charge in [0.15, 0.2) is 11.4 Å². The van der Waals surface area contributed by atoms with Crippen molar-refractivity contribution in [3.05, 3.63) is 95.6 Å². The van der Waals surface area contributed by atoms with Gasteiger partial charge >= 0.3 is 0 Å². The van der Waals surface area contributed by atoms with Gasteiger partial charge in [-0.15, -0.1) is 10.2 Å². The molecule has 0 aliphatic carbocycles. The fraction of sp³-hybridized carbons (Fsp3) is 0.280. The topological polar surface area (TPSA) is 120 Å². The van der Waals surface area contributed by atoms with Crippen molar-refractivity contribution in [2.75, 3.05) is 6.54 Å². The molecule has 0 saturated carbocycles. The minimum atomic E-state index is -0.339. The van der Waals surface area contributed by atoms with E-state index in [0.717, 1.165) is 17.5 Å². The van der Waals surface area contributed by atoms with E-state index in [4.69, 9.17) is 0 Å². The molecule has 0 radical (unpaired) electrons. The van der Waals surface area contributed by atoms with Gasteiger partial charge in [-0.05, 0) is 17.5 Å². The Bertz CT molecular complexity index is 1240. The summed E-state index contributed by atoms with van der Waals surface area (Å²) in [6.45, 7) is 3.34. The number of hydrogen-bond acceptors (Lipinski definition) is 6. The summed E-state index contributed by atoms with van der Waals surface area (Å²) in [6.07, 6.45) is 4.77. The predicted octanol–water partition coefficient (Wildman–Crippen LogP) is 2.29. The summed E-state index contributed by atoms with van der Waals surface area (Å²) < 4.78 is 3.24. The maximum Gasteiger partial charge on any atom is 0.273 e. The second-order valence-electron chi connectivity index (χ2n) is 8.24. The highest BCUT2D eigenvalue weighted by Crippen LogP contribution is 2.05. The van der Waals surface area contributed by atoms with Crippen molar-refractivity contribution in [2.24, 2.45) is 0 Å². The van der Waals surface area contributed by atoms with Gasteiger partial charge in [0.2, 0.25) is 0 Å². The third-order valence-corrected chi connectivity index (χ3v) is 5.40. The van der Waals surface area contributed by atoms with E-state index in [-0.39, 0.29) is 35.8 Å². The zero-order valence-electron chi connectivity index (χ0n) is 19.5. The van der Waals surface area contributed by atoms with Gasteiger partial charge < -0.3 is 10.6 Å². The number of carbonyl (C=O) groups is 2. The molecule has 1 atom stereocenters. The molecule has 35 heavy (non-hydrogen) atoms. The number of nitrogens with one attached hydrogen (secondary N) is 2. The van der Waals surface area contributed by atoms with Crippen molar-refractivity contribution in [1.82, 2.24) is 40.6 Å². The van der Waals surface area contributed by atoms with Crippen LogP contribution < -0.4 is 10.6 Å². The molecule has 2 heterocycles. The minimum Gasteiger partial charge on any atom is -0.349 e. The van der Waals surface area contributed by atoms with Crippen LogP contribution in [0.25, 0.3) is 0 Å². The van der Waals surface area contributed by atoms with E-state index in [2.05, 4.69) is 31.3 Å². The first-order valence-electron chi connectivity index (χ1n) is 11.6. The lowest BCUT2D eigenvalue weighted by Crippen LogP contribution is -2.43. The number of hydrogen-bond donors (Lipinski definition) is 2.